The molecule has 2 aromatic carbocycles. The van der Waals surface area contributed by atoms with Crippen LogP contribution >= 0.6 is 23.4 Å². The lowest BCUT2D eigenvalue weighted by molar-refractivity contribution is -0.123. The lowest BCUT2D eigenvalue weighted by Gasteiger charge is -2.13. The van der Waals surface area contributed by atoms with Crippen LogP contribution in [0.2, 0.25) is 5.02 Å². The topological polar surface area (TPSA) is 51.5 Å². The number of amides is 2. The average Bonchev–Trinajstić information content (AvgIpc) is 3.19. The molecule has 0 aliphatic carbocycles. The highest BCUT2D eigenvalue weighted by molar-refractivity contribution is 8.18. The first-order chi connectivity index (χ1) is 15.3. The number of carbonyl (C=O) groups is 2. The molecular weight excluding hydrogens is 444 g/mol. The van der Waals surface area contributed by atoms with Crippen molar-refractivity contribution in [1.29, 1.82) is 0 Å². The van der Waals surface area contributed by atoms with Gasteiger partial charge in [0.05, 0.1) is 11.4 Å². The first kappa shape index (κ1) is 22.2. The largest absolute Gasteiger partial charge is 0.492 e. The van der Waals surface area contributed by atoms with Crippen LogP contribution in [0.4, 0.5) is 4.79 Å². The molecule has 1 fully saturated rings. The Morgan fingerprint density at radius 2 is 1.69 bits per heavy atom. The number of benzene rings is 2. The van der Waals surface area contributed by atoms with Crippen molar-refractivity contribution < 1.29 is 14.3 Å². The minimum absolute atomic E-state index is 0.188. The molecule has 4 rings (SSSR count). The maximum absolute atomic E-state index is 12.9. The second-order valence-corrected chi connectivity index (χ2v) is 9.06. The second-order valence-electron chi connectivity index (χ2n) is 7.63. The summed E-state index contributed by atoms with van der Waals surface area (Å²) in [6, 6.07) is 17.3. The molecule has 0 bridgehead atoms. The van der Waals surface area contributed by atoms with Crippen molar-refractivity contribution in [3.05, 3.63) is 87.0 Å². The van der Waals surface area contributed by atoms with E-state index >= 15 is 0 Å². The number of aromatic nitrogens is 1. The summed E-state index contributed by atoms with van der Waals surface area (Å²) in [6.45, 7) is 6.51. The van der Waals surface area contributed by atoms with Gasteiger partial charge in [0.15, 0.2) is 0 Å². The average molecular weight is 467 g/mol. The summed E-state index contributed by atoms with van der Waals surface area (Å²) in [4.78, 5) is 26.9. The van der Waals surface area contributed by atoms with Crippen molar-refractivity contribution in [2.45, 2.75) is 20.8 Å². The highest BCUT2D eigenvalue weighted by atomic mass is 35.5. The van der Waals surface area contributed by atoms with E-state index < -0.39 is 0 Å². The van der Waals surface area contributed by atoms with Crippen LogP contribution in [0.3, 0.4) is 0 Å². The van der Waals surface area contributed by atoms with Crippen LogP contribution in [0.25, 0.3) is 11.8 Å². The Hall–Kier alpha value is -2.96. The molecule has 1 saturated heterocycles. The van der Waals surface area contributed by atoms with Crippen molar-refractivity contribution in [2.75, 3.05) is 13.2 Å². The van der Waals surface area contributed by atoms with Crippen LogP contribution in [0.15, 0.2) is 59.5 Å². The Morgan fingerprint density at radius 1 is 1.00 bits per heavy atom. The third kappa shape index (κ3) is 4.61. The maximum Gasteiger partial charge on any atom is 0.293 e. The Kier molecular flexibility index (Phi) is 6.44. The van der Waals surface area contributed by atoms with Crippen molar-refractivity contribution in [1.82, 2.24) is 9.47 Å². The van der Waals surface area contributed by atoms with Crippen molar-refractivity contribution >= 4 is 40.6 Å². The van der Waals surface area contributed by atoms with E-state index in [0.717, 1.165) is 34.4 Å². The molecule has 2 heterocycles. The Morgan fingerprint density at radius 3 is 2.38 bits per heavy atom. The first-order valence-electron chi connectivity index (χ1n) is 10.2. The minimum Gasteiger partial charge on any atom is -0.492 e. The number of imide groups is 1. The summed E-state index contributed by atoms with van der Waals surface area (Å²) < 4.78 is 7.78. The Bertz CT molecular complexity index is 1200. The smallest absolute Gasteiger partial charge is 0.293 e. The molecule has 7 heteroatoms. The van der Waals surface area contributed by atoms with Crippen molar-refractivity contribution in [3.63, 3.8) is 0 Å². The van der Waals surface area contributed by atoms with Crippen LogP contribution in [0.1, 0.15) is 22.5 Å². The lowest BCUT2D eigenvalue weighted by atomic mass is 10.2. The Balaban J connectivity index is 1.48. The molecule has 164 valence electrons. The summed E-state index contributed by atoms with van der Waals surface area (Å²) in [7, 11) is 0. The molecule has 0 N–H and O–H groups in total. The van der Waals surface area contributed by atoms with Crippen LogP contribution < -0.4 is 4.74 Å². The van der Waals surface area contributed by atoms with Gasteiger partial charge in [-0.2, -0.15) is 0 Å². The van der Waals surface area contributed by atoms with Gasteiger partial charge < -0.3 is 9.30 Å². The molecule has 1 aliphatic rings. The molecule has 0 unspecified atom stereocenters. The molecule has 2 amide bonds. The van der Waals surface area contributed by atoms with E-state index in [0.29, 0.717) is 15.7 Å². The number of hydrogen-bond donors (Lipinski definition) is 0. The van der Waals surface area contributed by atoms with Crippen LogP contribution in [0.5, 0.6) is 5.75 Å². The van der Waals surface area contributed by atoms with E-state index in [1.165, 1.54) is 10.5 Å². The zero-order chi connectivity index (χ0) is 22.8. The molecule has 3 aromatic rings. The van der Waals surface area contributed by atoms with Gasteiger partial charge in [-0.25, -0.2) is 0 Å². The Labute approximate surface area is 196 Å². The van der Waals surface area contributed by atoms with Gasteiger partial charge in [0, 0.05) is 22.1 Å². The first-order valence-corrected chi connectivity index (χ1v) is 11.4. The number of nitrogens with zero attached hydrogens (tertiary/aromatic N) is 2. The summed E-state index contributed by atoms with van der Waals surface area (Å²) in [5.41, 5.74) is 5.27. The van der Waals surface area contributed by atoms with Crippen molar-refractivity contribution in [3.8, 4) is 11.4 Å². The zero-order valence-corrected chi connectivity index (χ0v) is 19.7. The number of aryl methyl sites for hydroxylation is 2. The quantitative estimate of drug-likeness (QED) is 0.407. The van der Waals surface area contributed by atoms with Gasteiger partial charge in [-0.15, -0.1) is 0 Å². The van der Waals surface area contributed by atoms with Crippen LogP contribution in [-0.4, -0.2) is 33.8 Å². The molecule has 5 nitrogen and oxygen atoms in total. The highest BCUT2D eigenvalue weighted by Gasteiger charge is 2.35. The summed E-state index contributed by atoms with van der Waals surface area (Å²) in [5.74, 6) is 0.348. The number of halogens is 1. The molecule has 1 aromatic heterocycles. The number of rotatable bonds is 6. The number of carbonyl (C=O) groups excluding carboxylic acids is 2. The summed E-state index contributed by atoms with van der Waals surface area (Å²) in [5, 5.41) is 0.337. The standard InChI is InChI=1S/C25H23ClN2O3S/c1-16-4-8-21(9-5-16)28-17(2)14-19(18(28)3)15-23-24(29)27(25(30)32-23)12-13-31-22-10-6-20(26)7-11-22/h4-11,14-15H,12-13H2,1-3H3/b23-15-. The molecule has 1 aliphatic heterocycles. The van der Waals surface area contributed by atoms with E-state index in [1.54, 1.807) is 30.3 Å². The van der Waals surface area contributed by atoms with Crippen LogP contribution in [-0.2, 0) is 4.79 Å². The monoisotopic (exact) mass is 466 g/mol. The highest BCUT2D eigenvalue weighted by Crippen LogP contribution is 2.33. The fourth-order valence-electron chi connectivity index (χ4n) is 3.64. The van der Waals surface area contributed by atoms with Gasteiger partial charge in [-0.1, -0.05) is 29.3 Å². The maximum atomic E-state index is 12.9. The molecule has 0 atom stereocenters. The van der Waals surface area contributed by atoms with Crippen molar-refractivity contribution in [2.24, 2.45) is 0 Å². The number of ether oxygens (including phenoxy) is 1. The molecule has 0 spiro atoms. The van der Waals surface area contributed by atoms with E-state index in [1.807, 2.05) is 19.9 Å². The van der Waals surface area contributed by atoms with Gasteiger partial charge in [-0.05, 0) is 86.6 Å². The van der Waals surface area contributed by atoms with Gasteiger partial charge >= 0.3 is 0 Å². The molecule has 0 saturated carbocycles. The van der Waals surface area contributed by atoms with Gasteiger partial charge in [0.25, 0.3) is 11.1 Å². The lowest BCUT2D eigenvalue weighted by Crippen LogP contribution is -2.32. The number of hydrogen-bond acceptors (Lipinski definition) is 4. The predicted octanol–water partition coefficient (Wildman–Crippen LogP) is 6.17. The third-order valence-corrected chi connectivity index (χ3v) is 6.48. The van der Waals surface area contributed by atoms with E-state index in [4.69, 9.17) is 16.3 Å². The normalized spacial score (nSPS) is 15.1. The van der Waals surface area contributed by atoms with Crippen LogP contribution in [0, 0.1) is 20.8 Å². The van der Waals surface area contributed by atoms with E-state index in [2.05, 4.69) is 35.8 Å². The van der Waals surface area contributed by atoms with Gasteiger partial charge in [0.2, 0.25) is 0 Å². The zero-order valence-electron chi connectivity index (χ0n) is 18.1. The van der Waals surface area contributed by atoms with E-state index in [-0.39, 0.29) is 24.3 Å². The molecule has 0 radical (unpaired) electrons. The molecular formula is C25H23ClN2O3S. The SMILES string of the molecule is Cc1ccc(-n2c(C)cc(/C=C3\SC(=O)N(CCOc4ccc(Cl)cc4)C3=O)c2C)cc1. The molecule has 32 heavy (non-hydrogen) atoms. The van der Waals surface area contributed by atoms with Gasteiger partial charge in [0.1, 0.15) is 12.4 Å². The summed E-state index contributed by atoms with van der Waals surface area (Å²) >= 11 is 6.83. The van der Waals surface area contributed by atoms with E-state index in [9.17, 15) is 9.59 Å². The fourth-order valence-corrected chi connectivity index (χ4v) is 4.63. The predicted molar refractivity (Wildman–Crippen MR) is 130 cm³/mol. The van der Waals surface area contributed by atoms with Gasteiger partial charge in [-0.3, -0.25) is 14.5 Å². The third-order valence-electron chi connectivity index (χ3n) is 5.32. The second kappa shape index (κ2) is 9.27. The fraction of sp³-hybridized carbons (Fsp3) is 0.200. The minimum atomic E-state index is -0.292. The summed E-state index contributed by atoms with van der Waals surface area (Å²) in [6.07, 6.45) is 1.80. The number of thioether (sulfide) groups is 1.